The molecule has 1 aliphatic carbocycles. The van der Waals surface area contributed by atoms with E-state index in [-0.39, 0.29) is 28.9 Å². The molecule has 2 aromatic rings. The molecule has 7 heteroatoms. The SMILES string of the molecule is N#Cc1cc(C#N)c(S[C@H](C(=O)NC2CC2)c2ccccc2)nc1N. The summed E-state index contributed by atoms with van der Waals surface area (Å²) in [6.45, 7) is 0. The molecule has 1 heterocycles. The van der Waals surface area contributed by atoms with Crippen LogP contribution in [0.25, 0.3) is 0 Å². The molecule has 0 saturated heterocycles. The molecule has 1 amide bonds. The lowest BCUT2D eigenvalue weighted by Gasteiger charge is -2.17. The number of rotatable bonds is 5. The van der Waals surface area contributed by atoms with E-state index in [2.05, 4.69) is 10.3 Å². The monoisotopic (exact) mass is 349 g/mol. The molecule has 0 aliphatic heterocycles. The van der Waals surface area contributed by atoms with E-state index in [1.165, 1.54) is 17.8 Å². The zero-order chi connectivity index (χ0) is 17.8. The molecule has 1 aromatic heterocycles. The molecule has 0 radical (unpaired) electrons. The van der Waals surface area contributed by atoms with Gasteiger partial charge in [0.25, 0.3) is 0 Å². The van der Waals surface area contributed by atoms with Gasteiger partial charge in [0, 0.05) is 6.04 Å². The summed E-state index contributed by atoms with van der Waals surface area (Å²) in [5, 5.41) is 21.2. The van der Waals surface area contributed by atoms with Crippen molar-refractivity contribution in [1.82, 2.24) is 10.3 Å². The highest BCUT2D eigenvalue weighted by Crippen LogP contribution is 2.37. The Morgan fingerprint density at radius 3 is 2.52 bits per heavy atom. The van der Waals surface area contributed by atoms with Crippen molar-refractivity contribution >= 4 is 23.5 Å². The quantitative estimate of drug-likeness (QED) is 0.801. The van der Waals surface area contributed by atoms with Gasteiger partial charge in [0.15, 0.2) is 0 Å². The lowest BCUT2D eigenvalue weighted by Crippen LogP contribution is -2.29. The van der Waals surface area contributed by atoms with E-state index >= 15 is 0 Å². The van der Waals surface area contributed by atoms with Crippen molar-refractivity contribution in [3.63, 3.8) is 0 Å². The second kappa shape index (κ2) is 7.25. The van der Waals surface area contributed by atoms with E-state index in [0.717, 1.165) is 18.4 Å². The number of carbonyl (C=O) groups excluding carboxylic acids is 1. The van der Waals surface area contributed by atoms with Crippen LogP contribution in [0.15, 0.2) is 41.4 Å². The third-order valence-corrected chi connectivity index (χ3v) is 5.01. The molecule has 1 saturated carbocycles. The second-order valence-corrected chi connectivity index (χ2v) is 6.78. The van der Waals surface area contributed by atoms with Crippen LogP contribution in [0.1, 0.15) is 34.8 Å². The molecule has 0 unspecified atom stereocenters. The summed E-state index contributed by atoms with van der Waals surface area (Å²) in [5.41, 5.74) is 6.98. The van der Waals surface area contributed by atoms with Crippen LogP contribution in [-0.4, -0.2) is 16.9 Å². The van der Waals surface area contributed by atoms with E-state index in [1.54, 1.807) is 0 Å². The smallest absolute Gasteiger partial charge is 0.238 e. The van der Waals surface area contributed by atoms with E-state index < -0.39 is 5.25 Å². The van der Waals surface area contributed by atoms with Crippen molar-refractivity contribution in [2.75, 3.05) is 5.73 Å². The Kier molecular flexibility index (Phi) is 4.87. The summed E-state index contributed by atoms with van der Waals surface area (Å²) in [6, 6.07) is 14.9. The number of pyridine rings is 1. The number of amides is 1. The predicted molar refractivity (Wildman–Crippen MR) is 94.3 cm³/mol. The Morgan fingerprint density at radius 2 is 1.92 bits per heavy atom. The summed E-state index contributed by atoms with van der Waals surface area (Å²) < 4.78 is 0. The molecule has 25 heavy (non-hydrogen) atoms. The fourth-order valence-corrected chi connectivity index (χ4v) is 3.36. The number of nitriles is 2. The van der Waals surface area contributed by atoms with Crippen LogP contribution in [0.4, 0.5) is 5.82 Å². The number of nitrogens with two attached hydrogens (primary N) is 1. The van der Waals surface area contributed by atoms with Gasteiger partial charge in [-0.3, -0.25) is 4.79 Å². The Hall–Kier alpha value is -3.03. The van der Waals surface area contributed by atoms with Gasteiger partial charge < -0.3 is 11.1 Å². The predicted octanol–water partition coefficient (Wildman–Crippen LogP) is 2.52. The van der Waals surface area contributed by atoms with Crippen molar-refractivity contribution < 1.29 is 4.79 Å². The lowest BCUT2D eigenvalue weighted by atomic mass is 10.1. The van der Waals surface area contributed by atoms with E-state index in [0.29, 0.717) is 5.03 Å². The van der Waals surface area contributed by atoms with Crippen molar-refractivity contribution in [2.24, 2.45) is 0 Å². The number of anilines is 1. The van der Waals surface area contributed by atoms with Gasteiger partial charge in [0.1, 0.15) is 28.2 Å². The first-order valence-corrected chi connectivity index (χ1v) is 8.63. The van der Waals surface area contributed by atoms with Gasteiger partial charge in [-0.1, -0.05) is 42.1 Å². The summed E-state index contributed by atoms with van der Waals surface area (Å²) in [6.07, 6.45) is 1.98. The number of hydrogen-bond donors (Lipinski definition) is 2. The van der Waals surface area contributed by atoms with Gasteiger partial charge in [0.05, 0.1) is 11.1 Å². The van der Waals surface area contributed by atoms with Gasteiger partial charge in [-0.2, -0.15) is 10.5 Å². The van der Waals surface area contributed by atoms with Crippen molar-refractivity contribution in [3.8, 4) is 12.1 Å². The average Bonchev–Trinajstić information content (AvgIpc) is 3.44. The highest BCUT2D eigenvalue weighted by molar-refractivity contribution is 8.00. The number of hydrogen-bond acceptors (Lipinski definition) is 6. The molecule has 6 nitrogen and oxygen atoms in total. The standard InChI is InChI=1S/C18H15N5OS/c19-9-12-8-13(10-20)18(23-16(12)21)25-15(11-4-2-1-3-5-11)17(24)22-14-6-7-14/h1-5,8,14-15H,6-7H2,(H2,21,23)(H,22,24)/t15-/m0/s1. The fourth-order valence-electron chi connectivity index (χ4n) is 2.29. The largest absolute Gasteiger partial charge is 0.383 e. The van der Waals surface area contributed by atoms with Crippen LogP contribution in [0.5, 0.6) is 0 Å². The maximum atomic E-state index is 12.7. The molecular formula is C18H15N5OS. The summed E-state index contributed by atoms with van der Waals surface area (Å²) in [5.74, 6) is -0.0641. The van der Waals surface area contributed by atoms with Gasteiger partial charge in [-0.15, -0.1) is 0 Å². The minimum atomic E-state index is -0.547. The minimum absolute atomic E-state index is 0.0541. The molecule has 0 bridgehead atoms. The molecule has 1 atom stereocenters. The molecular weight excluding hydrogens is 334 g/mol. The first kappa shape index (κ1) is 16.8. The van der Waals surface area contributed by atoms with Gasteiger partial charge >= 0.3 is 0 Å². The maximum absolute atomic E-state index is 12.7. The molecule has 0 spiro atoms. The molecule has 1 fully saturated rings. The Balaban J connectivity index is 1.95. The van der Waals surface area contributed by atoms with Crippen LogP contribution in [0, 0.1) is 22.7 Å². The van der Waals surface area contributed by atoms with Crippen molar-refractivity contribution in [2.45, 2.75) is 29.2 Å². The number of aromatic nitrogens is 1. The zero-order valence-electron chi connectivity index (χ0n) is 13.3. The van der Waals surface area contributed by atoms with E-state index in [9.17, 15) is 10.1 Å². The number of nitrogens with zero attached hydrogens (tertiary/aromatic N) is 3. The third-order valence-electron chi connectivity index (χ3n) is 3.75. The Bertz CT molecular complexity index is 881. The van der Waals surface area contributed by atoms with E-state index in [1.807, 2.05) is 42.5 Å². The van der Waals surface area contributed by atoms with Crippen LogP contribution >= 0.6 is 11.8 Å². The average molecular weight is 349 g/mol. The Morgan fingerprint density at radius 1 is 1.24 bits per heavy atom. The third kappa shape index (κ3) is 3.90. The van der Waals surface area contributed by atoms with Crippen molar-refractivity contribution in [1.29, 1.82) is 10.5 Å². The van der Waals surface area contributed by atoms with Crippen LogP contribution < -0.4 is 11.1 Å². The number of nitrogen functional groups attached to an aromatic ring is 1. The first-order valence-electron chi connectivity index (χ1n) is 7.75. The maximum Gasteiger partial charge on any atom is 0.238 e. The second-order valence-electron chi connectivity index (χ2n) is 5.69. The van der Waals surface area contributed by atoms with Crippen LogP contribution in [0.2, 0.25) is 0 Å². The normalized spacial score (nSPS) is 14.2. The van der Waals surface area contributed by atoms with Gasteiger partial charge in [0.2, 0.25) is 5.91 Å². The summed E-state index contributed by atoms with van der Waals surface area (Å²) in [4.78, 5) is 16.9. The number of thioether (sulfide) groups is 1. The molecule has 3 N–H and O–H groups in total. The van der Waals surface area contributed by atoms with Gasteiger partial charge in [-0.25, -0.2) is 4.98 Å². The first-order chi connectivity index (χ1) is 12.1. The Labute approximate surface area is 149 Å². The van der Waals surface area contributed by atoms with Crippen LogP contribution in [0.3, 0.4) is 0 Å². The molecule has 3 rings (SSSR count). The minimum Gasteiger partial charge on any atom is -0.383 e. The fraction of sp³-hybridized carbons (Fsp3) is 0.222. The molecule has 1 aliphatic rings. The number of carbonyl (C=O) groups is 1. The summed E-state index contributed by atoms with van der Waals surface area (Å²) in [7, 11) is 0. The summed E-state index contributed by atoms with van der Waals surface area (Å²) >= 11 is 1.17. The molecule has 124 valence electrons. The highest BCUT2D eigenvalue weighted by Gasteiger charge is 2.30. The zero-order valence-corrected chi connectivity index (χ0v) is 14.1. The topological polar surface area (TPSA) is 116 Å². The van der Waals surface area contributed by atoms with Crippen molar-refractivity contribution in [3.05, 3.63) is 53.1 Å². The number of benzene rings is 1. The van der Waals surface area contributed by atoms with Gasteiger partial charge in [-0.05, 0) is 24.5 Å². The van der Waals surface area contributed by atoms with Crippen LogP contribution in [-0.2, 0) is 4.79 Å². The number of nitrogens with one attached hydrogen (secondary N) is 1. The molecule has 1 aromatic carbocycles. The lowest BCUT2D eigenvalue weighted by molar-refractivity contribution is -0.120. The van der Waals surface area contributed by atoms with E-state index in [4.69, 9.17) is 11.0 Å². The highest BCUT2D eigenvalue weighted by atomic mass is 32.2.